The summed E-state index contributed by atoms with van der Waals surface area (Å²) in [6.45, 7) is 0. The molecule has 0 aliphatic heterocycles. The third-order valence-electron chi connectivity index (χ3n) is 3.88. The summed E-state index contributed by atoms with van der Waals surface area (Å²) < 4.78 is 21.1. The van der Waals surface area contributed by atoms with E-state index in [1.54, 1.807) is 51.9 Å². The van der Waals surface area contributed by atoms with E-state index in [0.29, 0.717) is 28.5 Å². The maximum absolute atomic E-state index is 12.4. The highest BCUT2D eigenvalue weighted by Crippen LogP contribution is 2.30. The molecule has 0 bridgehead atoms. The van der Waals surface area contributed by atoms with Gasteiger partial charge in [0.1, 0.15) is 11.3 Å². The van der Waals surface area contributed by atoms with Crippen molar-refractivity contribution in [2.24, 2.45) is 0 Å². The largest absolute Gasteiger partial charge is 0.497 e. The summed E-state index contributed by atoms with van der Waals surface area (Å²) in [7, 11) is 4.71. The van der Waals surface area contributed by atoms with Crippen molar-refractivity contribution in [3.63, 3.8) is 0 Å². The summed E-state index contributed by atoms with van der Waals surface area (Å²) >= 11 is 0. The highest BCUT2D eigenvalue weighted by molar-refractivity contribution is 5.95. The van der Waals surface area contributed by atoms with Gasteiger partial charge in [0.05, 0.1) is 34.0 Å². The van der Waals surface area contributed by atoms with Crippen LogP contribution in [0.2, 0.25) is 0 Å². The first-order valence-corrected chi connectivity index (χ1v) is 7.70. The van der Waals surface area contributed by atoms with E-state index < -0.39 is 0 Å². The summed E-state index contributed by atoms with van der Waals surface area (Å²) in [6.07, 6.45) is 1.80. The molecule has 0 aliphatic rings. The molecule has 3 aromatic rings. The second kappa shape index (κ2) is 7.17. The summed E-state index contributed by atoms with van der Waals surface area (Å²) in [5.41, 5.74) is 2.14. The molecule has 25 heavy (non-hydrogen) atoms. The Morgan fingerprint density at radius 3 is 2.52 bits per heavy atom. The number of methoxy groups -OCH3 is 3. The lowest BCUT2D eigenvalue weighted by Gasteiger charge is -2.10. The zero-order valence-electron chi connectivity index (χ0n) is 14.3. The molecule has 6 heteroatoms. The number of amides is 1. The molecule has 0 saturated carbocycles. The van der Waals surface area contributed by atoms with Gasteiger partial charge in [-0.25, -0.2) is 0 Å². The third-order valence-corrected chi connectivity index (χ3v) is 3.88. The predicted octanol–water partition coefficient (Wildman–Crippen LogP) is 3.64. The maximum atomic E-state index is 12.4. The van der Waals surface area contributed by atoms with E-state index in [9.17, 15) is 4.79 Å². The van der Waals surface area contributed by atoms with Crippen LogP contribution in [0.3, 0.4) is 0 Å². The monoisotopic (exact) mass is 341 g/mol. The van der Waals surface area contributed by atoms with Crippen molar-refractivity contribution in [3.05, 3.63) is 48.2 Å². The van der Waals surface area contributed by atoms with E-state index in [1.807, 2.05) is 12.1 Å². The number of benzene rings is 2. The van der Waals surface area contributed by atoms with Crippen LogP contribution in [-0.2, 0) is 11.2 Å². The van der Waals surface area contributed by atoms with Crippen LogP contribution in [0.5, 0.6) is 17.2 Å². The Hall–Kier alpha value is -3.15. The van der Waals surface area contributed by atoms with Gasteiger partial charge in [-0.1, -0.05) is 0 Å². The second-order valence-electron chi connectivity index (χ2n) is 5.42. The summed E-state index contributed by atoms with van der Waals surface area (Å²) in [5.74, 6) is 1.73. The number of hydrogen-bond donors (Lipinski definition) is 1. The van der Waals surface area contributed by atoms with Crippen molar-refractivity contribution < 1.29 is 23.4 Å². The molecule has 1 heterocycles. The lowest BCUT2D eigenvalue weighted by atomic mass is 10.1. The summed E-state index contributed by atoms with van der Waals surface area (Å²) in [6, 6.07) is 10.7. The van der Waals surface area contributed by atoms with Gasteiger partial charge in [0.2, 0.25) is 5.91 Å². The smallest absolute Gasteiger partial charge is 0.228 e. The molecule has 0 spiro atoms. The second-order valence-corrected chi connectivity index (χ2v) is 5.42. The topological polar surface area (TPSA) is 69.9 Å². The average molecular weight is 341 g/mol. The number of carbonyl (C=O) groups excluding carboxylic acids is 1. The molecule has 0 aliphatic carbocycles. The first-order chi connectivity index (χ1) is 12.1. The Balaban J connectivity index is 1.74. The highest BCUT2D eigenvalue weighted by atomic mass is 16.5. The van der Waals surface area contributed by atoms with Gasteiger partial charge in [-0.3, -0.25) is 4.79 Å². The number of rotatable bonds is 6. The molecular weight excluding hydrogens is 322 g/mol. The maximum Gasteiger partial charge on any atom is 0.228 e. The van der Waals surface area contributed by atoms with Gasteiger partial charge in [0.25, 0.3) is 0 Å². The van der Waals surface area contributed by atoms with Gasteiger partial charge in [-0.05, 0) is 24.3 Å². The molecule has 0 radical (unpaired) electrons. The van der Waals surface area contributed by atoms with E-state index in [-0.39, 0.29) is 12.3 Å². The number of anilines is 1. The summed E-state index contributed by atoms with van der Waals surface area (Å²) in [4.78, 5) is 12.4. The van der Waals surface area contributed by atoms with Gasteiger partial charge in [0.15, 0.2) is 11.5 Å². The number of hydrogen-bond acceptors (Lipinski definition) is 5. The predicted molar refractivity (Wildman–Crippen MR) is 94.6 cm³/mol. The van der Waals surface area contributed by atoms with Crippen molar-refractivity contribution in [1.82, 2.24) is 0 Å². The first-order valence-electron chi connectivity index (χ1n) is 7.70. The Labute approximate surface area is 145 Å². The minimum Gasteiger partial charge on any atom is -0.497 e. The van der Waals surface area contributed by atoms with Crippen LogP contribution in [0.25, 0.3) is 11.0 Å². The normalized spacial score (nSPS) is 10.5. The fraction of sp³-hybridized carbons (Fsp3) is 0.211. The number of carbonyl (C=O) groups is 1. The van der Waals surface area contributed by atoms with Gasteiger partial charge in [-0.2, -0.15) is 0 Å². The Kier molecular flexibility index (Phi) is 4.79. The van der Waals surface area contributed by atoms with Gasteiger partial charge >= 0.3 is 0 Å². The van der Waals surface area contributed by atoms with E-state index >= 15 is 0 Å². The zero-order chi connectivity index (χ0) is 17.8. The lowest BCUT2D eigenvalue weighted by molar-refractivity contribution is -0.115. The number of nitrogens with one attached hydrogen (secondary N) is 1. The van der Waals surface area contributed by atoms with E-state index in [2.05, 4.69) is 5.32 Å². The van der Waals surface area contributed by atoms with Crippen molar-refractivity contribution in [2.45, 2.75) is 6.42 Å². The minimum absolute atomic E-state index is 0.147. The van der Waals surface area contributed by atoms with Crippen LogP contribution in [0.15, 0.2) is 47.1 Å². The minimum atomic E-state index is -0.147. The van der Waals surface area contributed by atoms with Gasteiger partial charge in [-0.15, -0.1) is 0 Å². The molecule has 130 valence electrons. The van der Waals surface area contributed by atoms with Gasteiger partial charge in [0, 0.05) is 28.8 Å². The van der Waals surface area contributed by atoms with Crippen LogP contribution in [0.4, 0.5) is 5.69 Å². The molecule has 1 aromatic heterocycles. The molecule has 2 aromatic carbocycles. The van der Waals surface area contributed by atoms with Crippen LogP contribution in [0, 0.1) is 0 Å². The van der Waals surface area contributed by atoms with Crippen LogP contribution >= 0.6 is 0 Å². The van der Waals surface area contributed by atoms with Crippen LogP contribution in [0.1, 0.15) is 5.56 Å². The van der Waals surface area contributed by atoms with E-state index in [1.165, 1.54) is 0 Å². The Bertz CT molecular complexity index is 900. The summed E-state index contributed by atoms with van der Waals surface area (Å²) in [5, 5.41) is 3.74. The Morgan fingerprint density at radius 1 is 1.00 bits per heavy atom. The van der Waals surface area contributed by atoms with E-state index in [4.69, 9.17) is 18.6 Å². The fourth-order valence-electron chi connectivity index (χ4n) is 2.62. The first kappa shape index (κ1) is 16.7. The SMILES string of the molecule is COc1ccc2c(CC(=O)Nc3ccc(OC)c(OC)c3)coc2c1. The average Bonchev–Trinajstić information content (AvgIpc) is 3.03. The number of fused-ring (bicyclic) bond motifs is 1. The van der Waals surface area contributed by atoms with Crippen molar-refractivity contribution in [2.75, 3.05) is 26.6 Å². The lowest BCUT2D eigenvalue weighted by Crippen LogP contribution is -2.14. The number of ether oxygens (including phenoxy) is 3. The van der Waals surface area contributed by atoms with Crippen LogP contribution < -0.4 is 19.5 Å². The molecule has 6 nitrogen and oxygen atoms in total. The molecular formula is C19H19NO5. The number of furan rings is 1. The van der Waals surface area contributed by atoms with Crippen molar-refractivity contribution in [1.29, 1.82) is 0 Å². The standard InChI is InChI=1S/C19H19NO5/c1-22-14-5-6-15-12(11-25-17(15)10-14)8-19(21)20-13-4-7-16(23-2)18(9-13)24-3/h4-7,9-11H,8H2,1-3H3,(H,20,21). The molecule has 0 atom stereocenters. The molecule has 0 fully saturated rings. The molecule has 1 amide bonds. The van der Waals surface area contributed by atoms with Gasteiger partial charge < -0.3 is 23.9 Å². The van der Waals surface area contributed by atoms with Crippen molar-refractivity contribution in [3.8, 4) is 17.2 Å². The fourth-order valence-corrected chi connectivity index (χ4v) is 2.62. The molecule has 0 unspecified atom stereocenters. The van der Waals surface area contributed by atoms with E-state index in [0.717, 1.165) is 10.9 Å². The molecule has 3 rings (SSSR count). The van der Waals surface area contributed by atoms with Crippen LogP contribution in [-0.4, -0.2) is 27.2 Å². The highest BCUT2D eigenvalue weighted by Gasteiger charge is 2.12. The molecule has 0 saturated heterocycles. The Morgan fingerprint density at radius 2 is 1.80 bits per heavy atom. The molecule has 1 N–H and O–H groups in total. The quantitative estimate of drug-likeness (QED) is 0.741. The van der Waals surface area contributed by atoms with Crippen molar-refractivity contribution >= 4 is 22.6 Å². The zero-order valence-corrected chi connectivity index (χ0v) is 14.3. The third kappa shape index (κ3) is 3.52.